The van der Waals surface area contributed by atoms with E-state index in [0.29, 0.717) is 10.6 Å². The molecule has 2 rings (SSSR count). The van der Waals surface area contributed by atoms with Crippen LogP contribution in [-0.2, 0) is 17.1 Å². The molecule has 1 aromatic carbocycles. The fourth-order valence-electron chi connectivity index (χ4n) is 1.63. The van der Waals surface area contributed by atoms with Crippen molar-refractivity contribution in [1.82, 2.24) is 14.8 Å². The Morgan fingerprint density at radius 2 is 2.16 bits per heavy atom. The molecule has 0 bridgehead atoms. The Balaban J connectivity index is 2.28. The van der Waals surface area contributed by atoms with Gasteiger partial charge in [0.25, 0.3) is 0 Å². The summed E-state index contributed by atoms with van der Waals surface area (Å²) in [6, 6.07) is 6.69. The minimum atomic E-state index is -1.58. The van der Waals surface area contributed by atoms with Crippen LogP contribution in [-0.4, -0.2) is 26.5 Å². The summed E-state index contributed by atoms with van der Waals surface area (Å²) in [4.78, 5) is 3.82. The zero-order valence-electron chi connectivity index (χ0n) is 10.0. The lowest BCUT2D eigenvalue weighted by molar-refractivity contribution is -0.214. The highest BCUT2D eigenvalue weighted by Gasteiger charge is 2.31. The van der Waals surface area contributed by atoms with E-state index in [1.807, 2.05) is 0 Å². The predicted molar refractivity (Wildman–Crippen MR) is 70.2 cm³/mol. The number of halogens is 1. The van der Waals surface area contributed by atoms with Gasteiger partial charge in [0.1, 0.15) is 25.8 Å². The van der Waals surface area contributed by atoms with Crippen LogP contribution < -0.4 is 0 Å². The van der Waals surface area contributed by atoms with E-state index in [-0.39, 0.29) is 13.2 Å². The van der Waals surface area contributed by atoms with Crippen molar-refractivity contribution >= 4 is 11.6 Å². The van der Waals surface area contributed by atoms with E-state index in [9.17, 15) is 5.11 Å². The van der Waals surface area contributed by atoms with E-state index < -0.39 is 5.79 Å². The van der Waals surface area contributed by atoms with Crippen LogP contribution in [0.3, 0.4) is 0 Å². The Bertz CT molecular complexity index is 563. The summed E-state index contributed by atoms with van der Waals surface area (Å²) < 4.78 is 6.83. The molecule has 0 fully saturated rings. The van der Waals surface area contributed by atoms with E-state index in [2.05, 4.69) is 16.0 Å². The highest BCUT2D eigenvalue weighted by atomic mass is 35.5. The normalized spacial score (nSPS) is 13.7. The van der Waals surface area contributed by atoms with Crippen LogP contribution in [0.4, 0.5) is 0 Å². The number of hydrogen-bond acceptors (Lipinski definition) is 4. The molecule has 6 heteroatoms. The van der Waals surface area contributed by atoms with Crippen LogP contribution in [0.25, 0.3) is 0 Å². The second kappa shape index (κ2) is 5.85. The first-order valence-corrected chi connectivity index (χ1v) is 5.90. The van der Waals surface area contributed by atoms with Crippen molar-refractivity contribution in [3.05, 3.63) is 47.5 Å². The van der Waals surface area contributed by atoms with Crippen molar-refractivity contribution in [2.45, 2.75) is 12.3 Å². The highest BCUT2D eigenvalue weighted by Crippen LogP contribution is 2.26. The van der Waals surface area contributed by atoms with Gasteiger partial charge in [0.2, 0.25) is 5.79 Å². The Hall–Kier alpha value is -1.87. The molecule has 0 aliphatic rings. The lowest BCUT2D eigenvalue weighted by Gasteiger charge is -2.27. The zero-order valence-corrected chi connectivity index (χ0v) is 10.8. The number of nitrogens with zero attached hydrogens (tertiary/aromatic N) is 3. The molecular formula is C13H12ClN3O2. The van der Waals surface area contributed by atoms with Gasteiger partial charge in [-0.2, -0.15) is 5.10 Å². The lowest BCUT2D eigenvalue weighted by atomic mass is 10.1. The molecule has 0 saturated carbocycles. The molecule has 0 radical (unpaired) electrons. The Labute approximate surface area is 115 Å². The second-order valence-corrected chi connectivity index (χ2v) is 4.31. The fraction of sp³-hybridized carbons (Fsp3) is 0.231. The number of aromatic nitrogens is 3. The number of benzene rings is 1. The summed E-state index contributed by atoms with van der Waals surface area (Å²) in [6.45, 7) is 0.0597. The Morgan fingerprint density at radius 3 is 2.74 bits per heavy atom. The summed E-state index contributed by atoms with van der Waals surface area (Å²) in [5.41, 5.74) is 0.544. The fourth-order valence-corrected chi connectivity index (χ4v) is 1.75. The van der Waals surface area contributed by atoms with Crippen molar-refractivity contribution in [2.75, 3.05) is 6.61 Å². The molecule has 1 aromatic heterocycles. The quantitative estimate of drug-likeness (QED) is 0.663. The third-order valence-electron chi connectivity index (χ3n) is 2.53. The molecule has 0 aliphatic carbocycles. The van der Waals surface area contributed by atoms with Gasteiger partial charge in [-0.25, -0.2) is 9.67 Å². The van der Waals surface area contributed by atoms with Crippen molar-refractivity contribution in [2.24, 2.45) is 0 Å². The third kappa shape index (κ3) is 3.32. The third-order valence-corrected chi connectivity index (χ3v) is 2.78. The predicted octanol–water partition coefficient (Wildman–Crippen LogP) is 1.43. The summed E-state index contributed by atoms with van der Waals surface area (Å²) >= 11 is 5.83. The molecule has 0 spiro atoms. The molecule has 1 atom stereocenters. The molecule has 1 N–H and O–H groups in total. The number of aliphatic hydroxyl groups is 1. The number of hydrogen-bond donors (Lipinski definition) is 1. The molecule has 0 amide bonds. The minimum Gasteiger partial charge on any atom is -0.360 e. The maximum Gasteiger partial charge on any atom is 0.213 e. The summed E-state index contributed by atoms with van der Waals surface area (Å²) in [6.07, 6.45) is 8.03. The molecule has 98 valence electrons. The smallest absolute Gasteiger partial charge is 0.213 e. The van der Waals surface area contributed by atoms with Crippen molar-refractivity contribution in [3.63, 3.8) is 0 Å². The lowest BCUT2D eigenvalue weighted by Crippen LogP contribution is -2.35. The SMILES string of the molecule is C#CCOC(O)(Cn1cncn1)c1ccc(Cl)cc1. The highest BCUT2D eigenvalue weighted by molar-refractivity contribution is 6.30. The largest absolute Gasteiger partial charge is 0.360 e. The standard InChI is InChI=1S/C13H12ClN3O2/c1-2-7-19-13(18,8-17-10-15-9-16-17)11-3-5-12(14)6-4-11/h1,3-6,9-10,18H,7-8H2. The topological polar surface area (TPSA) is 60.2 Å². The van der Waals surface area contributed by atoms with Gasteiger partial charge in [0.05, 0.1) is 0 Å². The first-order valence-electron chi connectivity index (χ1n) is 5.52. The Morgan fingerprint density at radius 1 is 1.42 bits per heavy atom. The van der Waals surface area contributed by atoms with Crippen LogP contribution in [0, 0.1) is 12.3 Å². The van der Waals surface area contributed by atoms with Crippen molar-refractivity contribution in [3.8, 4) is 12.3 Å². The number of ether oxygens (including phenoxy) is 1. The van der Waals surface area contributed by atoms with E-state index in [0.717, 1.165) is 0 Å². The van der Waals surface area contributed by atoms with Crippen LogP contribution in [0.2, 0.25) is 5.02 Å². The van der Waals surface area contributed by atoms with Gasteiger partial charge in [0, 0.05) is 10.6 Å². The van der Waals surface area contributed by atoms with E-state index >= 15 is 0 Å². The average Bonchev–Trinajstić information content (AvgIpc) is 2.90. The van der Waals surface area contributed by atoms with Crippen LogP contribution in [0.1, 0.15) is 5.56 Å². The van der Waals surface area contributed by atoms with Gasteiger partial charge in [-0.05, 0) is 12.1 Å². The van der Waals surface area contributed by atoms with Crippen LogP contribution in [0.15, 0.2) is 36.9 Å². The maximum absolute atomic E-state index is 10.6. The van der Waals surface area contributed by atoms with E-state index in [1.54, 1.807) is 24.3 Å². The second-order valence-electron chi connectivity index (χ2n) is 3.88. The maximum atomic E-state index is 10.6. The molecule has 1 unspecified atom stereocenters. The molecular weight excluding hydrogens is 266 g/mol. The first-order chi connectivity index (χ1) is 9.14. The van der Waals surface area contributed by atoms with Gasteiger partial charge in [-0.3, -0.25) is 0 Å². The monoisotopic (exact) mass is 277 g/mol. The summed E-state index contributed by atoms with van der Waals surface area (Å²) in [5, 5.41) is 15.1. The van der Waals surface area contributed by atoms with Gasteiger partial charge in [-0.1, -0.05) is 29.7 Å². The van der Waals surface area contributed by atoms with Crippen molar-refractivity contribution in [1.29, 1.82) is 0 Å². The minimum absolute atomic E-state index is 0.0200. The number of terminal acetylenes is 1. The molecule has 1 heterocycles. The first kappa shape index (κ1) is 13.6. The summed E-state index contributed by atoms with van der Waals surface area (Å²) in [7, 11) is 0. The van der Waals surface area contributed by atoms with Gasteiger partial charge in [0.15, 0.2) is 0 Å². The van der Waals surface area contributed by atoms with E-state index in [1.165, 1.54) is 17.3 Å². The molecule has 0 saturated heterocycles. The molecule has 19 heavy (non-hydrogen) atoms. The molecule has 0 aliphatic heterocycles. The van der Waals surface area contributed by atoms with Gasteiger partial charge >= 0.3 is 0 Å². The van der Waals surface area contributed by atoms with Crippen LogP contribution >= 0.6 is 11.6 Å². The van der Waals surface area contributed by atoms with E-state index in [4.69, 9.17) is 22.8 Å². The zero-order chi connectivity index (χ0) is 13.7. The number of rotatable bonds is 5. The van der Waals surface area contributed by atoms with Crippen LogP contribution in [0.5, 0.6) is 0 Å². The average molecular weight is 278 g/mol. The molecule has 5 nitrogen and oxygen atoms in total. The van der Waals surface area contributed by atoms with Gasteiger partial charge < -0.3 is 9.84 Å². The van der Waals surface area contributed by atoms with Gasteiger partial charge in [-0.15, -0.1) is 6.42 Å². The molecule has 2 aromatic rings. The Kier molecular flexibility index (Phi) is 4.17. The van der Waals surface area contributed by atoms with Crippen molar-refractivity contribution < 1.29 is 9.84 Å². The summed E-state index contributed by atoms with van der Waals surface area (Å²) in [5.74, 6) is 0.752.